The van der Waals surface area contributed by atoms with Crippen LogP contribution >= 0.6 is 0 Å². The lowest BCUT2D eigenvalue weighted by Gasteiger charge is -2.29. The number of carbonyl (C=O) groups is 3. The van der Waals surface area contributed by atoms with E-state index >= 15 is 0 Å². The first-order valence-electron chi connectivity index (χ1n) is 11.5. The summed E-state index contributed by atoms with van der Waals surface area (Å²) in [5, 5.41) is 0. The number of rotatable bonds is 6. The van der Waals surface area contributed by atoms with Gasteiger partial charge in [0.2, 0.25) is 0 Å². The van der Waals surface area contributed by atoms with Gasteiger partial charge in [0.25, 0.3) is 5.91 Å². The summed E-state index contributed by atoms with van der Waals surface area (Å²) in [6.45, 7) is 0.767. The minimum atomic E-state index is -1.41. The van der Waals surface area contributed by atoms with Crippen LogP contribution in [0.4, 0.5) is 4.79 Å². The number of amides is 2. The molecule has 1 fully saturated rings. The number of nitrogens with zero attached hydrogens (tertiary/aromatic N) is 1. The summed E-state index contributed by atoms with van der Waals surface area (Å²) in [6.07, 6.45) is -2.02. The number of imide groups is 1. The van der Waals surface area contributed by atoms with Gasteiger partial charge in [-0.3, -0.25) is 4.79 Å². The van der Waals surface area contributed by atoms with Crippen molar-refractivity contribution in [2.24, 2.45) is 5.73 Å². The third kappa shape index (κ3) is 4.60. The monoisotopic (exact) mass is 488 g/mol. The average Bonchev–Trinajstić information content (AvgIpc) is 3.32. The van der Waals surface area contributed by atoms with Crippen molar-refractivity contribution in [3.05, 3.63) is 95.6 Å². The molecule has 2 heterocycles. The zero-order valence-corrected chi connectivity index (χ0v) is 19.2. The quantitative estimate of drug-likeness (QED) is 0.525. The van der Waals surface area contributed by atoms with Gasteiger partial charge in [-0.1, -0.05) is 54.6 Å². The number of ether oxygens (including phenoxy) is 4. The van der Waals surface area contributed by atoms with Gasteiger partial charge in [0, 0.05) is 0 Å². The largest absolute Gasteiger partial charge is 0.486 e. The molecule has 0 spiro atoms. The maximum atomic E-state index is 13.6. The standard InChI is InChI=1S/C27H24N2O7/c28-23(25(30)29-20(16-35-27(29)32)17-7-3-1-4-8-17)24(36-26(31)18-9-5-2-6-10-18)19-11-12-21-22(15-19)34-14-13-33-21/h1-12,15,20,23-24H,13-14,16,28H2/t20-,23+,24-/m1/s1. The van der Waals surface area contributed by atoms with Gasteiger partial charge in [-0.25, -0.2) is 14.5 Å². The fourth-order valence-corrected chi connectivity index (χ4v) is 4.22. The fraction of sp³-hybridized carbons (Fsp3) is 0.222. The molecule has 1 saturated heterocycles. The molecule has 0 aromatic heterocycles. The predicted octanol–water partition coefficient (Wildman–Crippen LogP) is 3.40. The second-order valence-corrected chi connectivity index (χ2v) is 8.33. The fourth-order valence-electron chi connectivity index (χ4n) is 4.22. The van der Waals surface area contributed by atoms with Gasteiger partial charge in [0.05, 0.1) is 5.56 Å². The molecule has 3 aromatic rings. The lowest BCUT2D eigenvalue weighted by molar-refractivity contribution is -0.133. The van der Waals surface area contributed by atoms with E-state index in [2.05, 4.69) is 0 Å². The Bertz CT molecular complexity index is 1270. The molecule has 0 saturated carbocycles. The van der Waals surface area contributed by atoms with E-state index in [4.69, 9.17) is 24.7 Å². The first kappa shape index (κ1) is 23.4. The minimum Gasteiger partial charge on any atom is -0.486 e. The highest BCUT2D eigenvalue weighted by molar-refractivity contribution is 5.97. The molecule has 2 aliphatic rings. The van der Waals surface area contributed by atoms with Gasteiger partial charge < -0.3 is 24.7 Å². The second-order valence-electron chi connectivity index (χ2n) is 8.33. The highest BCUT2D eigenvalue weighted by Gasteiger charge is 2.44. The average molecular weight is 488 g/mol. The van der Waals surface area contributed by atoms with Crippen molar-refractivity contribution in [2.75, 3.05) is 19.8 Å². The minimum absolute atomic E-state index is 0.000198. The summed E-state index contributed by atoms with van der Waals surface area (Å²) in [7, 11) is 0. The van der Waals surface area contributed by atoms with E-state index in [1.54, 1.807) is 72.8 Å². The van der Waals surface area contributed by atoms with Crippen LogP contribution in [0, 0.1) is 0 Å². The molecular weight excluding hydrogens is 464 g/mol. The Kier molecular flexibility index (Phi) is 6.55. The molecule has 0 radical (unpaired) electrons. The second kappa shape index (κ2) is 10.1. The van der Waals surface area contributed by atoms with Crippen molar-refractivity contribution in [1.29, 1.82) is 0 Å². The molecular formula is C27H24N2O7. The highest BCUT2D eigenvalue weighted by Crippen LogP contribution is 2.36. The third-order valence-electron chi connectivity index (χ3n) is 6.04. The number of carbonyl (C=O) groups excluding carboxylic acids is 3. The van der Waals surface area contributed by atoms with Crippen molar-refractivity contribution >= 4 is 18.0 Å². The number of hydrogen-bond acceptors (Lipinski definition) is 8. The summed E-state index contributed by atoms with van der Waals surface area (Å²) in [4.78, 5) is 40.1. The zero-order valence-electron chi connectivity index (χ0n) is 19.2. The summed E-state index contributed by atoms with van der Waals surface area (Å²) < 4.78 is 22.2. The number of cyclic esters (lactones) is 1. The molecule has 3 aromatic carbocycles. The number of nitrogens with two attached hydrogens (primary N) is 1. The molecule has 3 atom stereocenters. The Morgan fingerprint density at radius 1 is 0.889 bits per heavy atom. The lowest BCUT2D eigenvalue weighted by atomic mass is 9.99. The van der Waals surface area contributed by atoms with Gasteiger partial charge in [-0.15, -0.1) is 0 Å². The van der Waals surface area contributed by atoms with Crippen LogP contribution in [-0.2, 0) is 14.3 Å². The molecule has 2 amide bonds. The van der Waals surface area contributed by atoms with Crippen LogP contribution in [-0.4, -0.2) is 48.7 Å². The summed E-state index contributed by atoms with van der Waals surface area (Å²) in [5.74, 6) is -0.415. The first-order valence-corrected chi connectivity index (χ1v) is 11.5. The molecule has 0 bridgehead atoms. The molecule has 9 nitrogen and oxygen atoms in total. The molecule has 0 unspecified atom stereocenters. The molecule has 0 aliphatic carbocycles. The van der Waals surface area contributed by atoms with E-state index in [1.807, 2.05) is 6.07 Å². The smallest absolute Gasteiger partial charge is 0.417 e. The number of hydrogen-bond donors (Lipinski definition) is 1. The normalized spacial score (nSPS) is 18.2. The number of esters is 1. The van der Waals surface area contributed by atoms with Crippen molar-refractivity contribution in [2.45, 2.75) is 18.2 Å². The van der Waals surface area contributed by atoms with Crippen molar-refractivity contribution in [3.63, 3.8) is 0 Å². The number of fused-ring (bicyclic) bond motifs is 1. The molecule has 184 valence electrons. The Hall–Kier alpha value is -4.37. The van der Waals surface area contributed by atoms with E-state index in [1.165, 1.54) is 0 Å². The SMILES string of the molecule is N[C@H](C(=O)N1C(=O)OC[C@@H]1c1ccccc1)[C@H](OC(=O)c1ccccc1)c1ccc2c(c1)OCCO2. The van der Waals surface area contributed by atoms with Crippen LogP contribution in [0.3, 0.4) is 0 Å². The van der Waals surface area contributed by atoms with E-state index in [0.717, 1.165) is 10.5 Å². The predicted molar refractivity (Wildman–Crippen MR) is 127 cm³/mol. The lowest BCUT2D eigenvalue weighted by Crippen LogP contribution is -2.49. The molecule has 36 heavy (non-hydrogen) atoms. The van der Waals surface area contributed by atoms with Crippen molar-refractivity contribution in [1.82, 2.24) is 4.90 Å². The maximum Gasteiger partial charge on any atom is 0.417 e. The van der Waals surface area contributed by atoms with E-state index in [0.29, 0.717) is 35.8 Å². The third-order valence-corrected chi connectivity index (χ3v) is 6.04. The van der Waals surface area contributed by atoms with Gasteiger partial charge in [-0.2, -0.15) is 0 Å². The van der Waals surface area contributed by atoms with Crippen LogP contribution in [0.5, 0.6) is 11.5 Å². The first-order chi connectivity index (χ1) is 17.5. The Labute approximate surface area is 207 Å². The van der Waals surface area contributed by atoms with Crippen LogP contribution in [0.25, 0.3) is 0 Å². The summed E-state index contributed by atoms with van der Waals surface area (Å²) in [6, 6.07) is 20.3. The van der Waals surface area contributed by atoms with Crippen molar-refractivity contribution in [3.8, 4) is 11.5 Å². The van der Waals surface area contributed by atoms with Crippen LogP contribution in [0.15, 0.2) is 78.9 Å². The highest BCUT2D eigenvalue weighted by atomic mass is 16.6. The van der Waals surface area contributed by atoms with Gasteiger partial charge in [-0.05, 0) is 35.4 Å². The van der Waals surface area contributed by atoms with Crippen LogP contribution in [0.2, 0.25) is 0 Å². The maximum absolute atomic E-state index is 13.6. The zero-order chi connectivity index (χ0) is 25.1. The molecule has 9 heteroatoms. The van der Waals surface area contributed by atoms with Crippen molar-refractivity contribution < 1.29 is 33.3 Å². The summed E-state index contributed by atoms with van der Waals surface area (Å²) in [5.41, 5.74) is 7.87. The van der Waals surface area contributed by atoms with E-state index in [9.17, 15) is 14.4 Å². The van der Waals surface area contributed by atoms with Crippen LogP contribution < -0.4 is 15.2 Å². The van der Waals surface area contributed by atoms with Gasteiger partial charge in [0.15, 0.2) is 17.6 Å². The molecule has 2 aliphatic heterocycles. The number of benzene rings is 3. The Balaban J connectivity index is 1.47. The van der Waals surface area contributed by atoms with Crippen LogP contribution in [0.1, 0.15) is 33.6 Å². The van der Waals surface area contributed by atoms with E-state index in [-0.39, 0.29) is 6.61 Å². The Morgan fingerprint density at radius 3 is 2.28 bits per heavy atom. The molecule has 5 rings (SSSR count). The van der Waals surface area contributed by atoms with Gasteiger partial charge >= 0.3 is 12.1 Å². The van der Waals surface area contributed by atoms with Gasteiger partial charge in [0.1, 0.15) is 31.9 Å². The Morgan fingerprint density at radius 2 is 1.56 bits per heavy atom. The van der Waals surface area contributed by atoms with E-state index < -0.39 is 36.2 Å². The topological polar surface area (TPSA) is 117 Å². The molecule has 2 N–H and O–H groups in total. The summed E-state index contributed by atoms with van der Waals surface area (Å²) >= 11 is 0.